The molecule has 1 N–H and O–H groups in total. The van der Waals surface area contributed by atoms with Gasteiger partial charge in [0.25, 0.3) is 0 Å². The molecule has 25 heavy (non-hydrogen) atoms. The lowest BCUT2D eigenvalue weighted by Gasteiger charge is -2.17. The van der Waals surface area contributed by atoms with Crippen LogP contribution in [0.4, 0.5) is 11.4 Å². The second-order valence-corrected chi connectivity index (χ2v) is 6.16. The number of anilines is 2. The number of carbonyl (C=O) groups excluding carboxylic acids is 2. The molecule has 0 spiro atoms. The second kappa shape index (κ2) is 7.57. The molecule has 6 heteroatoms. The van der Waals surface area contributed by atoms with Gasteiger partial charge in [-0.2, -0.15) is 0 Å². The van der Waals surface area contributed by atoms with Gasteiger partial charge < -0.3 is 15.0 Å². The Morgan fingerprint density at radius 2 is 1.96 bits per heavy atom. The zero-order valence-corrected chi connectivity index (χ0v) is 14.6. The van der Waals surface area contributed by atoms with Crippen LogP contribution in [-0.2, 0) is 9.59 Å². The highest BCUT2D eigenvalue weighted by Crippen LogP contribution is 2.29. The molecule has 5 nitrogen and oxygen atoms in total. The number of amides is 2. The number of nitrogens with one attached hydrogen (secondary N) is 1. The predicted molar refractivity (Wildman–Crippen MR) is 98.2 cm³/mol. The number of rotatable bonds is 5. The summed E-state index contributed by atoms with van der Waals surface area (Å²) >= 11 is 5.89. The van der Waals surface area contributed by atoms with E-state index in [1.807, 2.05) is 19.1 Å². The van der Waals surface area contributed by atoms with Crippen LogP contribution >= 0.6 is 11.6 Å². The first-order valence-electron chi connectivity index (χ1n) is 8.19. The van der Waals surface area contributed by atoms with Crippen molar-refractivity contribution in [1.82, 2.24) is 0 Å². The van der Waals surface area contributed by atoms with E-state index in [0.717, 1.165) is 5.69 Å². The van der Waals surface area contributed by atoms with E-state index in [9.17, 15) is 9.59 Å². The molecule has 1 saturated heterocycles. The van der Waals surface area contributed by atoms with Crippen molar-refractivity contribution in [3.63, 3.8) is 0 Å². The predicted octanol–water partition coefficient (Wildman–Crippen LogP) is 3.73. The number of hydrogen-bond donors (Lipinski definition) is 1. The Kier molecular flexibility index (Phi) is 5.24. The maximum atomic E-state index is 12.6. The highest BCUT2D eigenvalue weighted by molar-refractivity contribution is 6.30. The molecular formula is C19H19ClN2O3. The van der Waals surface area contributed by atoms with Crippen LogP contribution < -0.4 is 15.0 Å². The number of hydrogen-bond acceptors (Lipinski definition) is 3. The van der Waals surface area contributed by atoms with Crippen molar-refractivity contribution in [1.29, 1.82) is 0 Å². The van der Waals surface area contributed by atoms with Gasteiger partial charge in [-0.15, -0.1) is 0 Å². The summed E-state index contributed by atoms with van der Waals surface area (Å²) in [5, 5.41) is 3.42. The fourth-order valence-electron chi connectivity index (χ4n) is 2.87. The summed E-state index contributed by atoms with van der Waals surface area (Å²) in [5.41, 5.74) is 1.33. The summed E-state index contributed by atoms with van der Waals surface area (Å²) < 4.78 is 5.51. The minimum atomic E-state index is -0.703. The van der Waals surface area contributed by atoms with Crippen LogP contribution in [-0.4, -0.2) is 25.0 Å². The fourth-order valence-corrected chi connectivity index (χ4v) is 3.00. The smallest absolute Gasteiger partial charge is 0.239 e. The molecule has 2 amide bonds. The van der Waals surface area contributed by atoms with Gasteiger partial charge in [0.1, 0.15) is 11.7 Å². The highest BCUT2D eigenvalue weighted by Gasteiger charge is 2.37. The van der Waals surface area contributed by atoms with Crippen LogP contribution in [0, 0.1) is 5.92 Å². The lowest BCUT2D eigenvalue weighted by atomic mass is 10.1. The molecule has 0 bridgehead atoms. The van der Waals surface area contributed by atoms with Crippen molar-refractivity contribution in [3.05, 3.63) is 53.6 Å². The number of nitrogens with zero attached hydrogens (tertiary/aromatic N) is 1. The topological polar surface area (TPSA) is 58.6 Å². The average molecular weight is 359 g/mol. The quantitative estimate of drug-likeness (QED) is 0.828. The van der Waals surface area contributed by atoms with Crippen LogP contribution in [0.2, 0.25) is 5.02 Å². The molecule has 0 saturated carbocycles. The third kappa shape index (κ3) is 3.77. The summed E-state index contributed by atoms with van der Waals surface area (Å²) in [7, 11) is 0. The second-order valence-electron chi connectivity index (χ2n) is 5.73. The van der Waals surface area contributed by atoms with Crippen molar-refractivity contribution in [2.24, 2.45) is 5.92 Å². The molecule has 1 atom stereocenters. The number of ether oxygens (including phenoxy) is 1. The van der Waals surface area contributed by atoms with Crippen LogP contribution in [0.5, 0.6) is 5.75 Å². The summed E-state index contributed by atoms with van der Waals surface area (Å²) in [6.07, 6.45) is 0.476. The van der Waals surface area contributed by atoms with Crippen molar-refractivity contribution in [2.45, 2.75) is 13.3 Å². The lowest BCUT2D eigenvalue weighted by Crippen LogP contribution is -2.33. The number of halogens is 1. The zero-order chi connectivity index (χ0) is 17.8. The Morgan fingerprint density at radius 1 is 1.24 bits per heavy atom. The number of benzene rings is 2. The van der Waals surface area contributed by atoms with Gasteiger partial charge in [-0.3, -0.25) is 9.59 Å². The van der Waals surface area contributed by atoms with Gasteiger partial charge in [0, 0.05) is 17.3 Å². The Labute approximate surface area is 151 Å². The van der Waals surface area contributed by atoms with E-state index < -0.39 is 5.92 Å². The van der Waals surface area contributed by atoms with Gasteiger partial charge in [0.15, 0.2) is 0 Å². The molecule has 2 aromatic rings. The lowest BCUT2D eigenvalue weighted by molar-refractivity contribution is -0.129. The molecule has 1 fully saturated rings. The SMILES string of the molecule is CCOc1ccccc1NC(=O)C1CCN(c2ccc(Cl)cc2)C1=O. The van der Waals surface area contributed by atoms with Crippen LogP contribution in [0.1, 0.15) is 13.3 Å². The highest BCUT2D eigenvalue weighted by atomic mass is 35.5. The first-order valence-corrected chi connectivity index (χ1v) is 8.57. The van der Waals surface area contributed by atoms with E-state index in [1.54, 1.807) is 41.3 Å². The maximum Gasteiger partial charge on any atom is 0.239 e. The minimum Gasteiger partial charge on any atom is -0.492 e. The molecule has 1 unspecified atom stereocenters. The molecule has 0 radical (unpaired) electrons. The van der Waals surface area contributed by atoms with Crippen LogP contribution in [0.3, 0.4) is 0 Å². The van der Waals surface area contributed by atoms with Crippen molar-refractivity contribution in [2.75, 3.05) is 23.4 Å². The van der Waals surface area contributed by atoms with Gasteiger partial charge in [0.2, 0.25) is 11.8 Å². The van der Waals surface area contributed by atoms with Crippen LogP contribution in [0.25, 0.3) is 0 Å². The molecule has 0 aliphatic carbocycles. The van der Waals surface area contributed by atoms with Gasteiger partial charge in [-0.25, -0.2) is 0 Å². The Bertz CT molecular complexity index is 776. The molecular weight excluding hydrogens is 340 g/mol. The van der Waals surface area contributed by atoms with Crippen molar-refractivity contribution >= 4 is 34.8 Å². The molecule has 130 valence electrons. The summed E-state index contributed by atoms with van der Waals surface area (Å²) in [5.74, 6) is -0.619. The largest absolute Gasteiger partial charge is 0.492 e. The summed E-state index contributed by atoms with van der Waals surface area (Å²) in [4.78, 5) is 26.8. The number of carbonyl (C=O) groups is 2. The Hall–Kier alpha value is -2.53. The van der Waals surface area contributed by atoms with E-state index >= 15 is 0 Å². The molecule has 1 aliphatic rings. The van der Waals surface area contributed by atoms with Gasteiger partial charge in [0.05, 0.1) is 12.3 Å². The number of para-hydroxylation sites is 2. The molecule has 3 rings (SSSR count). The average Bonchev–Trinajstić information content (AvgIpc) is 2.99. The monoisotopic (exact) mass is 358 g/mol. The first-order chi connectivity index (χ1) is 12.1. The zero-order valence-electron chi connectivity index (χ0n) is 13.9. The van der Waals surface area contributed by atoms with Crippen LogP contribution in [0.15, 0.2) is 48.5 Å². The third-order valence-electron chi connectivity index (χ3n) is 4.11. The van der Waals surface area contributed by atoms with Gasteiger partial charge in [-0.05, 0) is 49.7 Å². The van der Waals surface area contributed by atoms with E-state index in [2.05, 4.69) is 5.32 Å². The van der Waals surface area contributed by atoms with E-state index in [1.165, 1.54) is 0 Å². The summed E-state index contributed by atoms with van der Waals surface area (Å²) in [6, 6.07) is 14.2. The van der Waals surface area contributed by atoms with Crippen molar-refractivity contribution < 1.29 is 14.3 Å². The standard InChI is InChI=1S/C19H19ClN2O3/c1-2-25-17-6-4-3-5-16(17)21-18(23)15-11-12-22(19(15)24)14-9-7-13(20)8-10-14/h3-10,15H,2,11-12H2,1H3,(H,21,23). The maximum absolute atomic E-state index is 12.6. The summed E-state index contributed by atoms with van der Waals surface area (Å²) in [6.45, 7) is 2.88. The van der Waals surface area contributed by atoms with E-state index in [4.69, 9.17) is 16.3 Å². The van der Waals surface area contributed by atoms with Gasteiger partial charge in [-0.1, -0.05) is 23.7 Å². The minimum absolute atomic E-state index is 0.200. The molecule has 0 aromatic heterocycles. The molecule has 1 heterocycles. The first kappa shape index (κ1) is 17.3. The van der Waals surface area contributed by atoms with E-state index in [0.29, 0.717) is 36.0 Å². The Balaban J connectivity index is 1.71. The van der Waals surface area contributed by atoms with Gasteiger partial charge >= 0.3 is 0 Å². The normalized spacial score (nSPS) is 16.8. The van der Waals surface area contributed by atoms with E-state index in [-0.39, 0.29) is 11.8 Å². The molecule has 2 aromatic carbocycles. The van der Waals surface area contributed by atoms with Crippen molar-refractivity contribution in [3.8, 4) is 5.75 Å². The third-order valence-corrected chi connectivity index (χ3v) is 4.36. The fraction of sp³-hybridized carbons (Fsp3) is 0.263. The molecule has 1 aliphatic heterocycles. The Morgan fingerprint density at radius 3 is 2.68 bits per heavy atom.